The van der Waals surface area contributed by atoms with Crippen molar-refractivity contribution in [2.75, 3.05) is 11.9 Å². The summed E-state index contributed by atoms with van der Waals surface area (Å²) in [5, 5.41) is 11.2. The van der Waals surface area contributed by atoms with Crippen LogP contribution in [0.5, 0.6) is 0 Å². The number of rotatable bonds is 6. The molecule has 6 nitrogen and oxygen atoms in total. The molecule has 0 amide bonds. The minimum Gasteiger partial charge on any atom is -0.406 e. The number of hydrogen-bond donors (Lipinski definition) is 1. The van der Waals surface area contributed by atoms with Gasteiger partial charge in [0, 0.05) is 13.0 Å². The molecule has 0 unspecified atom stereocenters. The molecule has 0 aliphatic carbocycles. The quantitative estimate of drug-likeness (QED) is 0.754. The van der Waals surface area contributed by atoms with Crippen LogP contribution >= 0.6 is 0 Å². The molecule has 0 spiro atoms. The van der Waals surface area contributed by atoms with Gasteiger partial charge in [0.2, 0.25) is 5.89 Å². The van der Waals surface area contributed by atoms with Crippen molar-refractivity contribution in [1.82, 2.24) is 19.7 Å². The van der Waals surface area contributed by atoms with Gasteiger partial charge in [0.25, 0.3) is 0 Å². The number of imidazole rings is 1. The van der Waals surface area contributed by atoms with E-state index < -0.39 is 0 Å². The molecule has 0 fully saturated rings. The van der Waals surface area contributed by atoms with E-state index in [1.165, 1.54) is 0 Å². The highest BCUT2D eigenvalue weighted by molar-refractivity contribution is 5.75. The average Bonchev–Trinajstić information content (AvgIpc) is 3.10. The van der Waals surface area contributed by atoms with Gasteiger partial charge in [0.1, 0.15) is 12.4 Å². The summed E-state index contributed by atoms with van der Waals surface area (Å²) in [6, 6.07) is 8.58. The lowest BCUT2D eigenvalue weighted by atomic mass is 10.3. The Hall–Kier alpha value is -2.37. The second kappa shape index (κ2) is 5.95. The van der Waals surface area contributed by atoms with Gasteiger partial charge in [-0.05, 0) is 18.6 Å². The smallest absolute Gasteiger partial charge is 0.315 e. The van der Waals surface area contributed by atoms with Gasteiger partial charge in [0.05, 0.1) is 11.0 Å². The molecule has 2 aromatic heterocycles. The first kappa shape index (κ1) is 13.6. The van der Waals surface area contributed by atoms with Gasteiger partial charge in [-0.15, -0.1) is 5.10 Å². The Bertz CT molecular complexity index is 731. The molecule has 0 bridgehead atoms. The van der Waals surface area contributed by atoms with Gasteiger partial charge in [-0.1, -0.05) is 31.1 Å². The van der Waals surface area contributed by atoms with E-state index in [2.05, 4.69) is 45.0 Å². The second-order valence-corrected chi connectivity index (χ2v) is 4.88. The van der Waals surface area contributed by atoms with Crippen LogP contribution in [-0.2, 0) is 13.0 Å². The third-order valence-corrected chi connectivity index (χ3v) is 3.34. The zero-order valence-electron chi connectivity index (χ0n) is 12.3. The van der Waals surface area contributed by atoms with Gasteiger partial charge in [0.15, 0.2) is 0 Å². The topological polar surface area (TPSA) is 68.8 Å². The lowest BCUT2D eigenvalue weighted by Crippen LogP contribution is -2.04. The number of aromatic nitrogens is 4. The van der Waals surface area contributed by atoms with E-state index in [1.54, 1.807) is 0 Å². The molecule has 2 heterocycles. The van der Waals surface area contributed by atoms with Crippen LogP contribution in [0.4, 0.5) is 6.01 Å². The normalized spacial score (nSPS) is 11.1. The largest absolute Gasteiger partial charge is 0.406 e. The SMILES string of the molecule is CCCNc1nnc(Cn2c(CC)nc3ccccc32)o1. The van der Waals surface area contributed by atoms with E-state index in [0.717, 1.165) is 36.2 Å². The highest BCUT2D eigenvalue weighted by Gasteiger charge is 2.12. The zero-order chi connectivity index (χ0) is 14.7. The van der Waals surface area contributed by atoms with Crippen LogP contribution in [0.1, 0.15) is 32.0 Å². The lowest BCUT2D eigenvalue weighted by molar-refractivity contribution is 0.486. The molecule has 21 heavy (non-hydrogen) atoms. The molecule has 0 saturated heterocycles. The number of anilines is 1. The third kappa shape index (κ3) is 2.74. The Labute approximate surface area is 123 Å². The summed E-state index contributed by atoms with van der Waals surface area (Å²) in [5.74, 6) is 1.61. The van der Waals surface area contributed by atoms with Gasteiger partial charge in [-0.3, -0.25) is 0 Å². The van der Waals surface area contributed by atoms with E-state index >= 15 is 0 Å². The summed E-state index contributed by atoms with van der Waals surface area (Å²) in [7, 11) is 0. The van der Waals surface area contributed by atoms with Crippen LogP contribution in [0.25, 0.3) is 11.0 Å². The molecule has 3 aromatic rings. The first-order chi connectivity index (χ1) is 10.3. The van der Waals surface area contributed by atoms with Crippen LogP contribution in [0.3, 0.4) is 0 Å². The minimum atomic E-state index is 0.481. The number of nitrogens with zero attached hydrogens (tertiary/aromatic N) is 4. The number of nitrogens with one attached hydrogen (secondary N) is 1. The summed E-state index contributed by atoms with van der Waals surface area (Å²) >= 11 is 0. The van der Waals surface area contributed by atoms with Crippen LogP contribution < -0.4 is 5.32 Å². The van der Waals surface area contributed by atoms with Crippen molar-refractivity contribution in [2.24, 2.45) is 0 Å². The van der Waals surface area contributed by atoms with E-state index in [9.17, 15) is 0 Å². The monoisotopic (exact) mass is 285 g/mol. The molecule has 0 aliphatic rings. The zero-order valence-corrected chi connectivity index (χ0v) is 12.3. The van der Waals surface area contributed by atoms with Crippen LogP contribution in [0, 0.1) is 0 Å². The Morgan fingerprint density at radius 2 is 2.05 bits per heavy atom. The molecule has 0 saturated carbocycles. The molecule has 0 atom stereocenters. The highest BCUT2D eigenvalue weighted by atomic mass is 16.4. The van der Waals surface area contributed by atoms with Gasteiger partial charge in [-0.25, -0.2) is 4.98 Å². The molecule has 0 aliphatic heterocycles. The molecule has 0 radical (unpaired) electrons. The Balaban J connectivity index is 1.88. The predicted octanol–water partition coefficient (Wildman–Crippen LogP) is 2.85. The van der Waals surface area contributed by atoms with Crippen molar-refractivity contribution in [2.45, 2.75) is 33.2 Å². The van der Waals surface area contributed by atoms with Gasteiger partial charge in [-0.2, -0.15) is 0 Å². The molecule has 6 heteroatoms. The van der Waals surface area contributed by atoms with Crippen molar-refractivity contribution in [3.63, 3.8) is 0 Å². The average molecular weight is 285 g/mol. The van der Waals surface area contributed by atoms with Crippen molar-refractivity contribution in [3.8, 4) is 0 Å². The second-order valence-electron chi connectivity index (χ2n) is 4.88. The maximum atomic E-state index is 5.63. The highest BCUT2D eigenvalue weighted by Crippen LogP contribution is 2.18. The van der Waals surface area contributed by atoms with Gasteiger partial charge < -0.3 is 14.3 Å². The van der Waals surface area contributed by atoms with E-state index in [0.29, 0.717) is 18.5 Å². The first-order valence-corrected chi connectivity index (χ1v) is 7.32. The molecule has 1 aromatic carbocycles. The maximum absolute atomic E-state index is 5.63. The molecular weight excluding hydrogens is 266 g/mol. The molecule has 110 valence electrons. The lowest BCUT2D eigenvalue weighted by Gasteiger charge is -2.04. The fourth-order valence-electron chi connectivity index (χ4n) is 2.33. The summed E-state index contributed by atoms with van der Waals surface area (Å²) in [6.07, 6.45) is 1.88. The first-order valence-electron chi connectivity index (χ1n) is 7.32. The fraction of sp³-hybridized carbons (Fsp3) is 0.400. The number of aryl methyl sites for hydroxylation is 1. The summed E-state index contributed by atoms with van der Waals surface area (Å²) in [4.78, 5) is 4.64. The Morgan fingerprint density at radius 3 is 2.86 bits per heavy atom. The van der Waals surface area contributed by atoms with Crippen LogP contribution in [0.15, 0.2) is 28.7 Å². The minimum absolute atomic E-state index is 0.481. The van der Waals surface area contributed by atoms with Crippen molar-refractivity contribution >= 4 is 17.0 Å². The van der Waals surface area contributed by atoms with E-state index in [4.69, 9.17) is 4.42 Å². The predicted molar refractivity (Wildman–Crippen MR) is 81.3 cm³/mol. The molecular formula is C15H19N5O. The number of hydrogen-bond acceptors (Lipinski definition) is 5. The molecule has 3 rings (SSSR count). The van der Waals surface area contributed by atoms with Crippen molar-refractivity contribution in [3.05, 3.63) is 36.0 Å². The number of fused-ring (bicyclic) bond motifs is 1. The van der Waals surface area contributed by atoms with Crippen LogP contribution in [0.2, 0.25) is 0 Å². The van der Waals surface area contributed by atoms with Crippen molar-refractivity contribution in [1.29, 1.82) is 0 Å². The third-order valence-electron chi connectivity index (χ3n) is 3.34. The van der Waals surface area contributed by atoms with E-state index in [1.807, 2.05) is 18.2 Å². The summed E-state index contributed by atoms with van der Waals surface area (Å²) in [6.45, 7) is 5.57. The van der Waals surface area contributed by atoms with Crippen LogP contribution in [-0.4, -0.2) is 26.3 Å². The van der Waals surface area contributed by atoms with Gasteiger partial charge >= 0.3 is 6.01 Å². The maximum Gasteiger partial charge on any atom is 0.315 e. The Morgan fingerprint density at radius 1 is 1.19 bits per heavy atom. The standard InChI is InChI=1S/C15H19N5O/c1-3-9-16-15-19-18-14(21-15)10-20-12-8-6-5-7-11(12)17-13(20)4-2/h5-8H,3-4,9-10H2,1-2H3,(H,16,19). The fourth-order valence-corrected chi connectivity index (χ4v) is 2.33. The molecule has 1 N–H and O–H groups in total. The Kier molecular flexibility index (Phi) is 3.85. The van der Waals surface area contributed by atoms with Crippen molar-refractivity contribution < 1.29 is 4.42 Å². The number of para-hydroxylation sites is 2. The van der Waals surface area contributed by atoms with E-state index in [-0.39, 0.29) is 0 Å². The number of benzene rings is 1. The summed E-state index contributed by atoms with van der Waals surface area (Å²) in [5.41, 5.74) is 2.09. The summed E-state index contributed by atoms with van der Waals surface area (Å²) < 4.78 is 7.76.